The molecule has 2 atom stereocenters. The fourth-order valence-corrected chi connectivity index (χ4v) is 1.76. The zero-order valence-electron chi connectivity index (χ0n) is 8.78. The maximum absolute atomic E-state index is 13.6. The van der Waals surface area contributed by atoms with E-state index < -0.39 is 6.10 Å². The molecule has 0 amide bonds. The number of aliphatic hydroxyl groups is 1. The van der Waals surface area contributed by atoms with Crippen LogP contribution in [-0.4, -0.2) is 11.1 Å². The summed E-state index contributed by atoms with van der Waals surface area (Å²) < 4.78 is 13.6. The van der Waals surface area contributed by atoms with E-state index in [1.54, 1.807) is 19.1 Å². The molecule has 0 bridgehead atoms. The van der Waals surface area contributed by atoms with Crippen LogP contribution >= 0.6 is 0 Å². The quantitative estimate of drug-likeness (QED) is 0.800. The molecule has 2 unspecified atom stereocenters. The molecule has 0 saturated heterocycles. The van der Waals surface area contributed by atoms with Crippen molar-refractivity contribution in [2.24, 2.45) is 5.73 Å². The van der Waals surface area contributed by atoms with Crippen molar-refractivity contribution in [3.63, 3.8) is 0 Å². The van der Waals surface area contributed by atoms with Gasteiger partial charge < -0.3 is 10.8 Å². The van der Waals surface area contributed by atoms with Gasteiger partial charge in [0.25, 0.3) is 0 Å². The highest BCUT2D eigenvalue weighted by Crippen LogP contribution is 2.41. The van der Waals surface area contributed by atoms with E-state index in [9.17, 15) is 9.50 Å². The molecule has 82 valence electrons. The highest BCUT2D eigenvalue weighted by Gasteiger charge is 2.27. The summed E-state index contributed by atoms with van der Waals surface area (Å²) >= 11 is 0. The third-order valence-corrected chi connectivity index (χ3v) is 2.88. The molecule has 15 heavy (non-hydrogen) atoms. The summed E-state index contributed by atoms with van der Waals surface area (Å²) in [5.74, 6) is 0.182. The van der Waals surface area contributed by atoms with Gasteiger partial charge in [-0.05, 0) is 42.9 Å². The summed E-state index contributed by atoms with van der Waals surface area (Å²) in [6.45, 7) is 1.71. The van der Waals surface area contributed by atoms with Gasteiger partial charge >= 0.3 is 0 Å². The Kier molecular flexibility index (Phi) is 2.76. The van der Waals surface area contributed by atoms with Gasteiger partial charge in [-0.15, -0.1) is 0 Å². The van der Waals surface area contributed by atoms with Crippen LogP contribution in [0.25, 0.3) is 0 Å². The van der Waals surface area contributed by atoms with E-state index in [-0.39, 0.29) is 11.9 Å². The molecule has 1 fully saturated rings. The minimum atomic E-state index is -0.784. The first kappa shape index (κ1) is 10.6. The average Bonchev–Trinajstić information content (AvgIpc) is 3.00. The topological polar surface area (TPSA) is 46.2 Å². The van der Waals surface area contributed by atoms with E-state index in [0.717, 1.165) is 18.4 Å². The minimum absolute atomic E-state index is 0.213. The number of benzene rings is 1. The Balaban J connectivity index is 2.24. The summed E-state index contributed by atoms with van der Waals surface area (Å²) in [6, 6.07) is 4.57. The second kappa shape index (κ2) is 3.91. The van der Waals surface area contributed by atoms with Crippen molar-refractivity contribution in [1.29, 1.82) is 0 Å². The molecule has 2 nitrogen and oxygen atoms in total. The molecule has 0 aliphatic heterocycles. The van der Waals surface area contributed by atoms with Gasteiger partial charge in [-0.25, -0.2) is 4.39 Å². The average molecular weight is 209 g/mol. The molecular formula is C12H16FNO. The minimum Gasteiger partial charge on any atom is -0.387 e. The first-order chi connectivity index (χ1) is 7.09. The molecule has 1 aliphatic rings. The lowest BCUT2D eigenvalue weighted by Crippen LogP contribution is -2.24. The number of aliphatic hydroxyl groups excluding tert-OH is 1. The van der Waals surface area contributed by atoms with Crippen molar-refractivity contribution < 1.29 is 9.50 Å². The van der Waals surface area contributed by atoms with Crippen LogP contribution in [0.1, 0.15) is 42.9 Å². The Hall–Kier alpha value is -0.930. The molecule has 0 heterocycles. The summed E-state index contributed by atoms with van der Waals surface area (Å²) in [4.78, 5) is 0. The fourth-order valence-electron chi connectivity index (χ4n) is 1.76. The van der Waals surface area contributed by atoms with E-state index in [1.165, 1.54) is 6.07 Å². The molecular weight excluding hydrogens is 193 g/mol. The van der Waals surface area contributed by atoms with Gasteiger partial charge in [0.05, 0.1) is 6.10 Å². The molecule has 1 aromatic carbocycles. The van der Waals surface area contributed by atoms with E-state index in [2.05, 4.69) is 0 Å². The fraction of sp³-hybridized carbons (Fsp3) is 0.500. The van der Waals surface area contributed by atoms with Crippen molar-refractivity contribution in [1.82, 2.24) is 0 Å². The Morgan fingerprint density at radius 2 is 2.13 bits per heavy atom. The van der Waals surface area contributed by atoms with Crippen LogP contribution in [0.15, 0.2) is 18.2 Å². The lowest BCUT2D eigenvalue weighted by atomic mass is 10.0. The van der Waals surface area contributed by atoms with E-state index in [1.807, 2.05) is 0 Å². The molecule has 0 spiro atoms. The third kappa shape index (κ3) is 2.19. The van der Waals surface area contributed by atoms with Crippen molar-refractivity contribution in [2.45, 2.75) is 37.8 Å². The van der Waals surface area contributed by atoms with Crippen LogP contribution in [0.5, 0.6) is 0 Å². The predicted molar refractivity (Wildman–Crippen MR) is 57.0 cm³/mol. The zero-order chi connectivity index (χ0) is 11.0. The molecule has 3 heteroatoms. The van der Waals surface area contributed by atoms with Gasteiger partial charge in [0, 0.05) is 6.04 Å². The molecule has 1 aliphatic carbocycles. The van der Waals surface area contributed by atoms with Crippen LogP contribution in [0.2, 0.25) is 0 Å². The second-order valence-corrected chi connectivity index (χ2v) is 4.36. The number of halogens is 1. The van der Waals surface area contributed by atoms with Gasteiger partial charge in [-0.3, -0.25) is 0 Å². The van der Waals surface area contributed by atoms with Gasteiger partial charge in [0.2, 0.25) is 0 Å². The molecule has 2 rings (SSSR count). The van der Waals surface area contributed by atoms with Gasteiger partial charge in [0.15, 0.2) is 0 Å². The number of hydrogen-bond acceptors (Lipinski definition) is 2. The van der Waals surface area contributed by atoms with E-state index in [0.29, 0.717) is 11.5 Å². The first-order valence-electron chi connectivity index (χ1n) is 5.32. The van der Waals surface area contributed by atoms with Crippen LogP contribution in [0, 0.1) is 5.82 Å². The zero-order valence-corrected chi connectivity index (χ0v) is 8.78. The van der Waals surface area contributed by atoms with Crippen molar-refractivity contribution in [3.05, 3.63) is 35.1 Å². The van der Waals surface area contributed by atoms with E-state index in [4.69, 9.17) is 5.73 Å². The molecule has 1 saturated carbocycles. The summed E-state index contributed by atoms with van der Waals surface area (Å²) in [7, 11) is 0. The number of nitrogens with two attached hydrogens (primary N) is 1. The Morgan fingerprint density at radius 3 is 2.60 bits per heavy atom. The molecule has 3 N–H and O–H groups in total. The summed E-state index contributed by atoms with van der Waals surface area (Å²) in [5, 5.41) is 9.68. The molecule has 1 aromatic rings. The van der Waals surface area contributed by atoms with Crippen LogP contribution in [-0.2, 0) is 0 Å². The lowest BCUT2D eigenvalue weighted by molar-refractivity contribution is 0.153. The smallest absolute Gasteiger partial charge is 0.127 e. The van der Waals surface area contributed by atoms with Gasteiger partial charge in [0.1, 0.15) is 5.82 Å². The Morgan fingerprint density at radius 1 is 1.47 bits per heavy atom. The lowest BCUT2D eigenvalue weighted by Gasteiger charge is -2.15. The molecule has 0 radical (unpaired) electrons. The maximum atomic E-state index is 13.6. The monoisotopic (exact) mass is 209 g/mol. The third-order valence-electron chi connectivity index (χ3n) is 2.88. The van der Waals surface area contributed by atoms with Crippen molar-refractivity contribution in [3.8, 4) is 0 Å². The SMILES string of the molecule is CC(N)C(O)c1ccc(C2CC2)c(F)c1. The highest BCUT2D eigenvalue weighted by atomic mass is 19.1. The normalized spacial score (nSPS) is 20.0. The first-order valence-corrected chi connectivity index (χ1v) is 5.32. The second-order valence-electron chi connectivity index (χ2n) is 4.36. The van der Waals surface area contributed by atoms with Crippen LogP contribution in [0.3, 0.4) is 0 Å². The summed E-state index contributed by atoms with van der Waals surface area (Å²) in [5.41, 5.74) is 6.89. The van der Waals surface area contributed by atoms with Crippen LogP contribution < -0.4 is 5.73 Å². The maximum Gasteiger partial charge on any atom is 0.127 e. The van der Waals surface area contributed by atoms with Gasteiger partial charge in [-0.2, -0.15) is 0 Å². The predicted octanol–water partition coefficient (Wildman–Crippen LogP) is 2.08. The number of hydrogen-bond donors (Lipinski definition) is 2. The summed E-state index contributed by atoms with van der Waals surface area (Å²) in [6.07, 6.45) is 1.37. The van der Waals surface area contributed by atoms with Crippen LogP contribution in [0.4, 0.5) is 4.39 Å². The highest BCUT2D eigenvalue weighted by molar-refractivity contribution is 5.31. The largest absolute Gasteiger partial charge is 0.387 e. The van der Waals surface area contributed by atoms with Gasteiger partial charge in [-0.1, -0.05) is 12.1 Å². The Bertz CT molecular complexity index is 361. The number of rotatable bonds is 3. The molecule has 0 aromatic heterocycles. The van der Waals surface area contributed by atoms with Crippen molar-refractivity contribution in [2.75, 3.05) is 0 Å². The van der Waals surface area contributed by atoms with Crippen molar-refractivity contribution >= 4 is 0 Å². The Labute approximate surface area is 88.9 Å². The standard InChI is InChI=1S/C12H16FNO/c1-7(14)12(15)9-4-5-10(8-2-3-8)11(13)6-9/h4-8,12,15H,2-3,14H2,1H3. The van der Waals surface area contributed by atoms with E-state index >= 15 is 0 Å².